The third kappa shape index (κ3) is 4.23. The van der Waals surface area contributed by atoms with Crippen LogP contribution in [0.1, 0.15) is 22.8 Å². The number of hydrogen-bond donors (Lipinski definition) is 1. The van der Waals surface area contributed by atoms with Crippen LogP contribution in [0.25, 0.3) is 0 Å². The zero-order chi connectivity index (χ0) is 15.8. The highest BCUT2D eigenvalue weighted by Crippen LogP contribution is 2.27. The summed E-state index contributed by atoms with van der Waals surface area (Å²) in [4.78, 5) is 17.3. The van der Waals surface area contributed by atoms with Gasteiger partial charge in [0.2, 0.25) is 0 Å². The van der Waals surface area contributed by atoms with E-state index in [4.69, 9.17) is 14.3 Å². The van der Waals surface area contributed by atoms with E-state index in [0.29, 0.717) is 30.3 Å². The van der Waals surface area contributed by atoms with Crippen LogP contribution in [0, 0.1) is 0 Å². The van der Waals surface area contributed by atoms with Crippen LogP contribution >= 0.6 is 0 Å². The first kappa shape index (κ1) is 15.9. The maximum atomic E-state index is 12.1. The molecule has 0 spiro atoms. The average Bonchev–Trinajstić information content (AvgIpc) is 2.56. The van der Waals surface area contributed by atoms with Crippen molar-refractivity contribution in [3.8, 4) is 11.5 Å². The molecule has 5 nitrogen and oxygen atoms in total. The number of benzene rings is 2. The molecule has 0 saturated heterocycles. The summed E-state index contributed by atoms with van der Waals surface area (Å²) in [5, 5.41) is 0. The summed E-state index contributed by atoms with van der Waals surface area (Å²) in [5.74, 6) is 0.781. The zero-order valence-corrected chi connectivity index (χ0v) is 12.7. The molecular formula is C17H19NO4. The minimum Gasteiger partial charge on any atom is -0.493 e. The van der Waals surface area contributed by atoms with Gasteiger partial charge in [0.05, 0.1) is 20.3 Å². The zero-order valence-electron chi connectivity index (χ0n) is 12.7. The van der Waals surface area contributed by atoms with E-state index in [1.54, 1.807) is 25.3 Å². The maximum Gasteiger partial charge on any atom is 0.274 e. The second-order valence-corrected chi connectivity index (χ2v) is 4.50. The van der Waals surface area contributed by atoms with Crippen LogP contribution in [0.2, 0.25) is 0 Å². The average molecular weight is 301 g/mol. The fourth-order valence-corrected chi connectivity index (χ4v) is 1.90. The highest BCUT2D eigenvalue weighted by Gasteiger charge is 2.11. The summed E-state index contributed by atoms with van der Waals surface area (Å²) in [6.07, 6.45) is 0. The molecule has 116 valence electrons. The minimum absolute atomic E-state index is 0.307. The van der Waals surface area contributed by atoms with E-state index >= 15 is 0 Å². The first-order chi connectivity index (χ1) is 10.7. The normalized spacial score (nSPS) is 10.1. The fourth-order valence-electron chi connectivity index (χ4n) is 1.90. The predicted molar refractivity (Wildman–Crippen MR) is 82.9 cm³/mol. The Hall–Kier alpha value is -2.53. The lowest BCUT2D eigenvalue weighted by Gasteiger charge is -2.11. The first-order valence-corrected chi connectivity index (χ1v) is 7.01. The van der Waals surface area contributed by atoms with E-state index in [0.717, 1.165) is 5.56 Å². The van der Waals surface area contributed by atoms with Crippen LogP contribution in [-0.4, -0.2) is 19.6 Å². The molecule has 0 atom stereocenters. The van der Waals surface area contributed by atoms with Gasteiger partial charge in [-0.15, -0.1) is 0 Å². The summed E-state index contributed by atoms with van der Waals surface area (Å²) < 4.78 is 10.6. The quantitative estimate of drug-likeness (QED) is 0.799. The van der Waals surface area contributed by atoms with Gasteiger partial charge in [0.25, 0.3) is 5.91 Å². The minimum atomic E-state index is -0.334. The molecule has 0 unspecified atom stereocenters. The van der Waals surface area contributed by atoms with Crippen LogP contribution in [0.3, 0.4) is 0 Å². The number of methoxy groups -OCH3 is 1. The van der Waals surface area contributed by atoms with Crippen LogP contribution in [0.5, 0.6) is 11.5 Å². The number of hydroxylamine groups is 1. The van der Waals surface area contributed by atoms with Gasteiger partial charge in [0, 0.05) is 5.56 Å². The molecule has 2 aromatic carbocycles. The molecule has 1 amide bonds. The fraction of sp³-hybridized carbons (Fsp3) is 0.235. The molecule has 2 rings (SSSR count). The SMILES string of the molecule is CCOc1cc(C(=O)NOCc2ccccc2)ccc1OC. The standard InChI is InChI=1S/C17H19NO4/c1-3-21-16-11-14(9-10-15(16)20-2)17(19)18-22-12-13-7-5-4-6-8-13/h4-11H,3,12H2,1-2H3,(H,18,19). The highest BCUT2D eigenvalue weighted by atomic mass is 16.6. The number of carbonyl (C=O) groups excluding carboxylic acids is 1. The molecule has 0 aliphatic heterocycles. The Morgan fingerprint density at radius 2 is 1.86 bits per heavy atom. The molecule has 1 N–H and O–H groups in total. The van der Waals surface area contributed by atoms with Crippen LogP contribution < -0.4 is 15.0 Å². The number of nitrogens with one attached hydrogen (secondary N) is 1. The van der Waals surface area contributed by atoms with Crippen molar-refractivity contribution in [3.63, 3.8) is 0 Å². The van der Waals surface area contributed by atoms with Crippen LogP contribution in [0.4, 0.5) is 0 Å². The molecule has 2 aromatic rings. The van der Waals surface area contributed by atoms with Crippen molar-refractivity contribution in [3.05, 3.63) is 59.7 Å². The third-order valence-electron chi connectivity index (χ3n) is 2.97. The molecule has 5 heteroatoms. The topological polar surface area (TPSA) is 56.8 Å². The van der Waals surface area contributed by atoms with E-state index < -0.39 is 0 Å². The van der Waals surface area contributed by atoms with Gasteiger partial charge < -0.3 is 9.47 Å². The van der Waals surface area contributed by atoms with E-state index in [9.17, 15) is 4.79 Å². The lowest BCUT2D eigenvalue weighted by Crippen LogP contribution is -2.23. The van der Waals surface area contributed by atoms with Crippen molar-refractivity contribution in [1.29, 1.82) is 0 Å². The maximum absolute atomic E-state index is 12.1. The molecular weight excluding hydrogens is 282 g/mol. The molecule has 0 heterocycles. The van der Waals surface area contributed by atoms with Crippen molar-refractivity contribution in [2.75, 3.05) is 13.7 Å². The lowest BCUT2D eigenvalue weighted by molar-refractivity contribution is 0.0233. The van der Waals surface area contributed by atoms with Crippen molar-refractivity contribution in [2.45, 2.75) is 13.5 Å². The predicted octanol–water partition coefficient (Wildman–Crippen LogP) is 2.96. The van der Waals surface area contributed by atoms with E-state index in [-0.39, 0.29) is 5.91 Å². The number of rotatable bonds is 7. The van der Waals surface area contributed by atoms with E-state index in [1.807, 2.05) is 37.3 Å². The van der Waals surface area contributed by atoms with Gasteiger partial charge in [-0.25, -0.2) is 5.48 Å². The van der Waals surface area contributed by atoms with E-state index in [1.165, 1.54) is 0 Å². The number of amides is 1. The largest absolute Gasteiger partial charge is 0.493 e. The Morgan fingerprint density at radius 3 is 2.55 bits per heavy atom. The molecule has 22 heavy (non-hydrogen) atoms. The van der Waals surface area contributed by atoms with Gasteiger partial charge in [-0.3, -0.25) is 9.63 Å². The van der Waals surface area contributed by atoms with Crippen molar-refractivity contribution < 1.29 is 19.1 Å². The molecule has 0 aliphatic rings. The van der Waals surface area contributed by atoms with Crippen molar-refractivity contribution in [2.24, 2.45) is 0 Å². The van der Waals surface area contributed by atoms with Gasteiger partial charge >= 0.3 is 0 Å². The summed E-state index contributed by atoms with van der Waals surface area (Å²) in [5.41, 5.74) is 3.84. The Morgan fingerprint density at radius 1 is 1.09 bits per heavy atom. The summed E-state index contributed by atoms with van der Waals surface area (Å²) in [7, 11) is 1.56. The number of ether oxygens (including phenoxy) is 2. The molecule has 0 radical (unpaired) electrons. The molecule has 0 fully saturated rings. The van der Waals surface area contributed by atoms with Gasteiger partial charge in [-0.2, -0.15) is 0 Å². The molecule has 0 aromatic heterocycles. The van der Waals surface area contributed by atoms with Crippen molar-refractivity contribution >= 4 is 5.91 Å². The Balaban J connectivity index is 1.95. The van der Waals surface area contributed by atoms with Gasteiger partial charge in [0.1, 0.15) is 0 Å². The second-order valence-electron chi connectivity index (χ2n) is 4.50. The van der Waals surface area contributed by atoms with Crippen LogP contribution in [0.15, 0.2) is 48.5 Å². The molecule has 0 aliphatic carbocycles. The highest BCUT2D eigenvalue weighted by molar-refractivity contribution is 5.94. The Labute approximate surface area is 129 Å². The van der Waals surface area contributed by atoms with Crippen molar-refractivity contribution in [1.82, 2.24) is 5.48 Å². The monoisotopic (exact) mass is 301 g/mol. The summed E-state index contributed by atoms with van der Waals surface area (Å²) in [6.45, 7) is 2.67. The molecule has 0 saturated carbocycles. The van der Waals surface area contributed by atoms with Gasteiger partial charge in [-0.1, -0.05) is 30.3 Å². The first-order valence-electron chi connectivity index (χ1n) is 7.01. The number of carbonyl (C=O) groups is 1. The Bertz CT molecular complexity index is 613. The van der Waals surface area contributed by atoms with E-state index in [2.05, 4.69) is 5.48 Å². The lowest BCUT2D eigenvalue weighted by atomic mass is 10.2. The number of hydrogen-bond acceptors (Lipinski definition) is 4. The van der Waals surface area contributed by atoms with Crippen LogP contribution in [-0.2, 0) is 11.4 Å². The second kappa shape index (κ2) is 8.05. The Kier molecular flexibility index (Phi) is 5.80. The molecule has 0 bridgehead atoms. The third-order valence-corrected chi connectivity index (χ3v) is 2.97. The summed E-state index contributed by atoms with van der Waals surface area (Å²) >= 11 is 0. The van der Waals surface area contributed by atoms with Gasteiger partial charge in [-0.05, 0) is 30.7 Å². The smallest absolute Gasteiger partial charge is 0.274 e. The summed E-state index contributed by atoms with van der Waals surface area (Å²) in [6, 6.07) is 14.6. The van der Waals surface area contributed by atoms with Gasteiger partial charge in [0.15, 0.2) is 11.5 Å².